The second-order valence-corrected chi connectivity index (χ2v) is 6.16. The quantitative estimate of drug-likeness (QED) is 0.770. The molecule has 0 aliphatic rings. The van der Waals surface area contributed by atoms with Crippen molar-refractivity contribution in [2.24, 2.45) is 5.41 Å². The largest absolute Gasteiger partial charge is 0.326 e. The second kappa shape index (κ2) is 7.29. The second-order valence-electron chi connectivity index (χ2n) is 6.16. The van der Waals surface area contributed by atoms with Crippen molar-refractivity contribution in [3.63, 3.8) is 0 Å². The van der Waals surface area contributed by atoms with E-state index in [9.17, 15) is 4.79 Å². The van der Waals surface area contributed by atoms with E-state index in [1.807, 2.05) is 18.2 Å². The molecule has 0 saturated heterocycles. The van der Waals surface area contributed by atoms with Gasteiger partial charge in [0.15, 0.2) is 0 Å². The highest BCUT2D eigenvalue weighted by molar-refractivity contribution is 5.91. The zero-order valence-electron chi connectivity index (χ0n) is 12.5. The van der Waals surface area contributed by atoms with Gasteiger partial charge in [-0.3, -0.25) is 4.79 Å². The van der Waals surface area contributed by atoms with Crippen LogP contribution in [0.5, 0.6) is 0 Å². The maximum Gasteiger partial charge on any atom is 0.224 e. The fourth-order valence-corrected chi connectivity index (χ4v) is 1.86. The van der Waals surface area contributed by atoms with Crippen molar-refractivity contribution in [1.29, 1.82) is 0 Å². The molecule has 106 valence electrons. The minimum Gasteiger partial charge on any atom is -0.326 e. The summed E-state index contributed by atoms with van der Waals surface area (Å²) in [7, 11) is 0. The van der Waals surface area contributed by atoms with Gasteiger partial charge < -0.3 is 10.6 Å². The van der Waals surface area contributed by atoms with E-state index in [4.69, 9.17) is 0 Å². The molecule has 0 radical (unpaired) electrons. The number of benzene rings is 1. The van der Waals surface area contributed by atoms with Crippen molar-refractivity contribution in [3.05, 3.63) is 29.8 Å². The van der Waals surface area contributed by atoms with Crippen molar-refractivity contribution in [3.8, 4) is 0 Å². The van der Waals surface area contributed by atoms with Gasteiger partial charge in [0.1, 0.15) is 0 Å². The monoisotopic (exact) mass is 262 g/mol. The van der Waals surface area contributed by atoms with Crippen molar-refractivity contribution in [2.45, 2.75) is 47.1 Å². The van der Waals surface area contributed by atoms with Crippen LogP contribution in [0.15, 0.2) is 24.3 Å². The van der Waals surface area contributed by atoms with Crippen molar-refractivity contribution >= 4 is 11.6 Å². The Kier molecular flexibility index (Phi) is 6.03. The highest BCUT2D eigenvalue weighted by Crippen LogP contribution is 2.20. The van der Waals surface area contributed by atoms with Gasteiger partial charge in [0.05, 0.1) is 0 Å². The first-order valence-electron chi connectivity index (χ1n) is 7.00. The van der Waals surface area contributed by atoms with Crippen LogP contribution in [0.4, 0.5) is 5.69 Å². The van der Waals surface area contributed by atoms with Crippen LogP contribution < -0.4 is 10.6 Å². The van der Waals surface area contributed by atoms with Crippen LogP contribution in [-0.4, -0.2) is 12.5 Å². The minimum atomic E-state index is 0.0182. The summed E-state index contributed by atoms with van der Waals surface area (Å²) >= 11 is 0. The lowest BCUT2D eigenvalue weighted by molar-refractivity contribution is -0.117. The van der Waals surface area contributed by atoms with Crippen molar-refractivity contribution in [2.75, 3.05) is 11.9 Å². The Labute approximate surface area is 116 Å². The average molecular weight is 262 g/mol. The van der Waals surface area contributed by atoms with Crippen LogP contribution >= 0.6 is 0 Å². The highest BCUT2D eigenvalue weighted by atomic mass is 16.1. The molecule has 0 fully saturated rings. The molecule has 0 aliphatic heterocycles. The summed E-state index contributed by atoms with van der Waals surface area (Å²) in [5.41, 5.74) is 2.09. The van der Waals surface area contributed by atoms with E-state index in [0.717, 1.165) is 25.2 Å². The molecule has 3 nitrogen and oxygen atoms in total. The first-order valence-corrected chi connectivity index (χ1v) is 7.00. The molecule has 0 aromatic heterocycles. The molecule has 0 aliphatic carbocycles. The predicted octanol–water partition coefficient (Wildman–Crippen LogP) is 3.56. The topological polar surface area (TPSA) is 41.1 Å². The normalized spacial score (nSPS) is 11.4. The molecule has 0 saturated carbocycles. The highest BCUT2D eigenvalue weighted by Gasteiger charge is 2.15. The van der Waals surface area contributed by atoms with Gasteiger partial charge in [-0.2, -0.15) is 0 Å². The van der Waals surface area contributed by atoms with Crippen LogP contribution in [0.2, 0.25) is 0 Å². The number of amides is 1. The number of carbonyl (C=O) groups excluding carboxylic acids is 1. The Hall–Kier alpha value is -1.35. The van der Waals surface area contributed by atoms with Gasteiger partial charge in [0, 0.05) is 18.7 Å². The Morgan fingerprint density at radius 1 is 1.26 bits per heavy atom. The average Bonchev–Trinajstić information content (AvgIpc) is 2.27. The summed E-state index contributed by atoms with van der Waals surface area (Å²) in [6, 6.07) is 8.02. The summed E-state index contributed by atoms with van der Waals surface area (Å²) in [6.45, 7) is 10.2. The Bertz CT molecular complexity index is 407. The fourth-order valence-electron chi connectivity index (χ4n) is 1.86. The van der Waals surface area contributed by atoms with Crippen LogP contribution in [0.1, 0.15) is 46.1 Å². The minimum absolute atomic E-state index is 0.0182. The van der Waals surface area contributed by atoms with E-state index < -0.39 is 0 Å². The molecule has 1 rings (SSSR count). The summed E-state index contributed by atoms with van der Waals surface area (Å²) in [5.74, 6) is 0.0752. The molecule has 1 amide bonds. The zero-order valence-corrected chi connectivity index (χ0v) is 12.5. The summed E-state index contributed by atoms with van der Waals surface area (Å²) in [4.78, 5) is 11.9. The number of rotatable bonds is 6. The molecule has 0 heterocycles. The van der Waals surface area contributed by atoms with Gasteiger partial charge in [-0.1, -0.05) is 39.8 Å². The van der Waals surface area contributed by atoms with Gasteiger partial charge >= 0.3 is 0 Å². The number of anilines is 1. The number of carbonyl (C=O) groups is 1. The number of hydrogen-bond donors (Lipinski definition) is 2. The maximum atomic E-state index is 11.9. The molecule has 3 heteroatoms. The van der Waals surface area contributed by atoms with Gasteiger partial charge in [0.2, 0.25) is 5.91 Å². The molecule has 2 N–H and O–H groups in total. The summed E-state index contributed by atoms with van der Waals surface area (Å²) < 4.78 is 0. The third-order valence-electron chi connectivity index (χ3n) is 2.66. The lowest BCUT2D eigenvalue weighted by Crippen LogP contribution is -2.20. The standard InChI is InChI=1S/C16H26N2O/c1-5-9-17-12-13-7-6-8-14(10-13)18-15(19)11-16(2,3)4/h6-8,10,17H,5,9,11-12H2,1-4H3,(H,18,19). The van der Waals surface area contributed by atoms with E-state index in [0.29, 0.717) is 6.42 Å². The van der Waals surface area contributed by atoms with E-state index in [2.05, 4.69) is 44.4 Å². The molecule has 0 spiro atoms. The summed E-state index contributed by atoms with van der Waals surface area (Å²) in [5, 5.41) is 6.32. The lowest BCUT2D eigenvalue weighted by atomic mass is 9.92. The van der Waals surface area contributed by atoms with Crippen LogP contribution in [0.3, 0.4) is 0 Å². The molecule has 1 aromatic rings. The molecular formula is C16H26N2O. The van der Waals surface area contributed by atoms with E-state index in [1.165, 1.54) is 5.56 Å². The van der Waals surface area contributed by atoms with E-state index in [1.54, 1.807) is 0 Å². The molecule has 0 bridgehead atoms. The SMILES string of the molecule is CCCNCc1cccc(NC(=O)CC(C)(C)C)c1. The summed E-state index contributed by atoms with van der Waals surface area (Å²) in [6.07, 6.45) is 1.66. The lowest BCUT2D eigenvalue weighted by Gasteiger charge is -2.17. The number of nitrogens with one attached hydrogen (secondary N) is 2. The van der Waals surface area contributed by atoms with Gasteiger partial charge in [-0.15, -0.1) is 0 Å². The van der Waals surface area contributed by atoms with Crippen LogP contribution in [-0.2, 0) is 11.3 Å². The van der Waals surface area contributed by atoms with E-state index in [-0.39, 0.29) is 11.3 Å². The fraction of sp³-hybridized carbons (Fsp3) is 0.562. The molecule has 0 unspecified atom stereocenters. The van der Waals surface area contributed by atoms with Gasteiger partial charge in [0.25, 0.3) is 0 Å². The van der Waals surface area contributed by atoms with Crippen LogP contribution in [0, 0.1) is 5.41 Å². The molecular weight excluding hydrogens is 236 g/mol. The first kappa shape index (κ1) is 15.7. The maximum absolute atomic E-state index is 11.9. The molecule has 1 aromatic carbocycles. The first-order chi connectivity index (χ1) is 8.90. The van der Waals surface area contributed by atoms with Crippen molar-refractivity contribution < 1.29 is 4.79 Å². The van der Waals surface area contributed by atoms with Gasteiger partial charge in [-0.05, 0) is 36.1 Å². The molecule has 19 heavy (non-hydrogen) atoms. The third kappa shape index (κ3) is 6.97. The Morgan fingerprint density at radius 3 is 2.63 bits per heavy atom. The van der Waals surface area contributed by atoms with E-state index >= 15 is 0 Å². The number of hydrogen-bond acceptors (Lipinski definition) is 2. The predicted molar refractivity (Wildman–Crippen MR) is 81.1 cm³/mol. The Morgan fingerprint density at radius 2 is 2.00 bits per heavy atom. The smallest absolute Gasteiger partial charge is 0.224 e. The van der Waals surface area contributed by atoms with Gasteiger partial charge in [-0.25, -0.2) is 0 Å². The Balaban J connectivity index is 2.54. The van der Waals surface area contributed by atoms with Crippen LogP contribution in [0.25, 0.3) is 0 Å². The zero-order chi connectivity index (χ0) is 14.3. The third-order valence-corrected chi connectivity index (χ3v) is 2.66. The molecule has 0 atom stereocenters. The van der Waals surface area contributed by atoms with Crippen molar-refractivity contribution in [1.82, 2.24) is 5.32 Å².